The lowest BCUT2D eigenvalue weighted by molar-refractivity contribution is -0.132. The van der Waals surface area contributed by atoms with Crippen LogP contribution in [0.4, 0.5) is 0 Å². The average Bonchev–Trinajstić information content (AvgIpc) is 2.89. The second-order valence-electron chi connectivity index (χ2n) is 4.62. The summed E-state index contributed by atoms with van der Waals surface area (Å²) in [5, 5.41) is 3.09. The third kappa shape index (κ3) is 2.51. The Labute approximate surface area is 121 Å². The summed E-state index contributed by atoms with van der Waals surface area (Å²) in [5.41, 5.74) is 0.798. The first-order valence-electron chi connectivity index (χ1n) is 6.49. The Hall–Kier alpha value is -1.60. The highest BCUT2D eigenvalue weighted by atomic mass is 32.2. The van der Waals surface area contributed by atoms with Crippen LogP contribution in [-0.2, 0) is 16.1 Å². The third-order valence-electron chi connectivity index (χ3n) is 3.41. The van der Waals surface area contributed by atoms with Gasteiger partial charge in [-0.25, -0.2) is 0 Å². The molecule has 106 valence electrons. The van der Waals surface area contributed by atoms with Gasteiger partial charge in [0.1, 0.15) is 17.7 Å². The van der Waals surface area contributed by atoms with Crippen molar-refractivity contribution in [1.82, 2.24) is 20.2 Å². The van der Waals surface area contributed by atoms with Crippen molar-refractivity contribution >= 4 is 17.7 Å². The number of hydrogen-bond donors (Lipinski definition) is 1. The van der Waals surface area contributed by atoms with E-state index in [1.807, 2.05) is 4.90 Å². The Bertz CT molecular complexity index is 534. The van der Waals surface area contributed by atoms with Gasteiger partial charge in [0.2, 0.25) is 5.91 Å². The number of nitrogens with zero attached hydrogens (tertiary/aromatic N) is 3. The van der Waals surface area contributed by atoms with Gasteiger partial charge in [-0.05, 0) is 7.05 Å². The van der Waals surface area contributed by atoms with Crippen LogP contribution in [0.15, 0.2) is 29.3 Å². The zero-order chi connectivity index (χ0) is 13.9. The number of carbonyl (C=O) groups is 1. The molecule has 1 unspecified atom stereocenters. The van der Waals surface area contributed by atoms with Gasteiger partial charge in [0, 0.05) is 25.4 Å². The van der Waals surface area contributed by atoms with E-state index in [4.69, 9.17) is 4.74 Å². The van der Waals surface area contributed by atoms with Gasteiger partial charge in [-0.15, -0.1) is 0 Å². The van der Waals surface area contributed by atoms with Crippen molar-refractivity contribution < 1.29 is 9.53 Å². The maximum absolute atomic E-state index is 12.6. The molecule has 0 spiro atoms. The molecule has 1 amide bonds. The highest BCUT2D eigenvalue weighted by molar-refractivity contribution is 8.03. The summed E-state index contributed by atoms with van der Waals surface area (Å²) in [5.74, 6) is 1.63. The van der Waals surface area contributed by atoms with Crippen molar-refractivity contribution in [2.45, 2.75) is 19.0 Å². The number of likely N-dealkylation sites (N-methyl/N-ethyl adjacent to an activating group) is 1. The first kappa shape index (κ1) is 13.4. The second kappa shape index (κ2) is 5.80. The van der Waals surface area contributed by atoms with Crippen molar-refractivity contribution in [3.8, 4) is 0 Å². The van der Waals surface area contributed by atoms with Gasteiger partial charge in [0.25, 0.3) is 0 Å². The molecule has 1 aromatic rings. The van der Waals surface area contributed by atoms with Crippen molar-refractivity contribution in [1.29, 1.82) is 0 Å². The molecule has 2 aliphatic heterocycles. The van der Waals surface area contributed by atoms with Gasteiger partial charge in [0.15, 0.2) is 0 Å². The van der Waals surface area contributed by atoms with Crippen molar-refractivity contribution in [2.75, 3.05) is 19.5 Å². The fourth-order valence-electron chi connectivity index (χ4n) is 2.42. The van der Waals surface area contributed by atoms with Gasteiger partial charge in [-0.1, -0.05) is 11.8 Å². The summed E-state index contributed by atoms with van der Waals surface area (Å²) in [4.78, 5) is 23.7. The van der Waals surface area contributed by atoms with E-state index in [-0.39, 0.29) is 11.9 Å². The lowest BCUT2D eigenvalue weighted by Crippen LogP contribution is -2.44. The third-order valence-corrected chi connectivity index (χ3v) is 4.42. The summed E-state index contributed by atoms with van der Waals surface area (Å²) in [6.07, 6.45) is 5.72. The first-order valence-corrected chi connectivity index (χ1v) is 7.47. The molecule has 0 bridgehead atoms. The average molecular weight is 292 g/mol. The van der Waals surface area contributed by atoms with E-state index in [0.29, 0.717) is 19.0 Å². The maximum Gasteiger partial charge on any atom is 0.245 e. The Balaban J connectivity index is 1.80. The molecule has 1 atom stereocenters. The molecule has 7 heteroatoms. The van der Waals surface area contributed by atoms with E-state index in [1.54, 1.807) is 37.4 Å². The zero-order valence-electron chi connectivity index (χ0n) is 11.2. The van der Waals surface area contributed by atoms with Crippen LogP contribution in [0.25, 0.3) is 0 Å². The van der Waals surface area contributed by atoms with Crippen molar-refractivity contribution in [3.05, 3.63) is 34.9 Å². The van der Waals surface area contributed by atoms with E-state index in [9.17, 15) is 4.79 Å². The van der Waals surface area contributed by atoms with Crippen LogP contribution < -0.4 is 5.32 Å². The standard InChI is InChI=1S/C13H16N4O2S/c1-14-11-12-10(19-8-20-12)2-5-17(13(11)18)7-9-6-15-3-4-16-9/h3-4,6,11,14H,2,5,7-8H2,1H3. The maximum atomic E-state index is 12.6. The molecule has 0 aromatic carbocycles. The summed E-state index contributed by atoms with van der Waals surface area (Å²) in [6, 6.07) is -0.309. The minimum atomic E-state index is -0.309. The Kier molecular flexibility index (Phi) is 3.88. The summed E-state index contributed by atoms with van der Waals surface area (Å²) < 4.78 is 5.61. The number of aromatic nitrogens is 2. The van der Waals surface area contributed by atoms with E-state index < -0.39 is 0 Å². The van der Waals surface area contributed by atoms with Crippen LogP contribution in [-0.4, -0.2) is 46.3 Å². The lowest BCUT2D eigenvalue weighted by Gasteiger charge is -2.24. The predicted molar refractivity (Wildman–Crippen MR) is 75.5 cm³/mol. The van der Waals surface area contributed by atoms with Gasteiger partial charge >= 0.3 is 0 Å². The Morgan fingerprint density at radius 1 is 1.55 bits per heavy atom. The molecule has 0 saturated heterocycles. The molecule has 3 rings (SSSR count). The van der Waals surface area contributed by atoms with Crippen LogP contribution >= 0.6 is 11.8 Å². The molecule has 20 heavy (non-hydrogen) atoms. The Morgan fingerprint density at radius 3 is 3.20 bits per heavy atom. The molecule has 2 aliphatic rings. The van der Waals surface area contributed by atoms with Crippen LogP contribution in [0.3, 0.4) is 0 Å². The molecule has 0 aliphatic carbocycles. The van der Waals surface area contributed by atoms with Gasteiger partial charge < -0.3 is 15.0 Å². The van der Waals surface area contributed by atoms with Crippen molar-refractivity contribution in [2.24, 2.45) is 0 Å². The van der Waals surface area contributed by atoms with Crippen LogP contribution in [0, 0.1) is 0 Å². The quantitative estimate of drug-likeness (QED) is 0.886. The van der Waals surface area contributed by atoms with E-state index in [2.05, 4.69) is 15.3 Å². The predicted octanol–water partition coefficient (Wildman–Crippen LogP) is 0.729. The molecule has 3 heterocycles. The number of hydrogen-bond acceptors (Lipinski definition) is 6. The van der Waals surface area contributed by atoms with Crippen molar-refractivity contribution in [3.63, 3.8) is 0 Å². The molecule has 0 saturated carbocycles. The van der Waals surface area contributed by atoms with Gasteiger partial charge in [-0.3, -0.25) is 14.8 Å². The number of nitrogens with one attached hydrogen (secondary N) is 1. The monoisotopic (exact) mass is 292 g/mol. The second-order valence-corrected chi connectivity index (χ2v) is 5.59. The normalized spacial score (nSPS) is 22.6. The zero-order valence-corrected chi connectivity index (χ0v) is 12.0. The van der Waals surface area contributed by atoms with Crippen LogP contribution in [0.5, 0.6) is 0 Å². The van der Waals surface area contributed by atoms with Crippen LogP contribution in [0.2, 0.25) is 0 Å². The number of thioether (sulfide) groups is 1. The smallest absolute Gasteiger partial charge is 0.245 e. The minimum Gasteiger partial charge on any atom is -0.486 e. The SMILES string of the molecule is CNC1C(=O)N(Cc2cnccn2)CCC2=C1SCO2. The first-order chi connectivity index (χ1) is 9.79. The van der Waals surface area contributed by atoms with Gasteiger partial charge in [-0.2, -0.15) is 0 Å². The largest absolute Gasteiger partial charge is 0.486 e. The van der Waals surface area contributed by atoms with Crippen LogP contribution in [0.1, 0.15) is 12.1 Å². The molecule has 1 aromatic heterocycles. The lowest BCUT2D eigenvalue weighted by atomic mass is 10.2. The number of amides is 1. The fourth-order valence-corrected chi connectivity index (χ4v) is 3.45. The highest BCUT2D eigenvalue weighted by Crippen LogP contribution is 2.36. The molecule has 0 fully saturated rings. The Morgan fingerprint density at radius 2 is 2.45 bits per heavy atom. The van der Waals surface area contributed by atoms with Gasteiger partial charge in [0.05, 0.1) is 23.3 Å². The highest BCUT2D eigenvalue weighted by Gasteiger charge is 2.35. The number of carbonyl (C=O) groups excluding carboxylic acids is 1. The topological polar surface area (TPSA) is 67.4 Å². The summed E-state index contributed by atoms with van der Waals surface area (Å²) >= 11 is 1.60. The minimum absolute atomic E-state index is 0.0705. The fraction of sp³-hybridized carbons (Fsp3) is 0.462. The molecule has 6 nitrogen and oxygen atoms in total. The van der Waals surface area contributed by atoms with E-state index in [0.717, 1.165) is 22.8 Å². The molecular formula is C13H16N4O2S. The summed E-state index contributed by atoms with van der Waals surface area (Å²) in [7, 11) is 1.80. The van der Waals surface area contributed by atoms with E-state index in [1.165, 1.54) is 0 Å². The molecular weight excluding hydrogens is 276 g/mol. The molecule has 0 radical (unpaired) electrons. The number of rotatable bonds is 3. The van der Waals surface area contributed by atoms with E-state index >= 15 is 0 Å². The number of ether oxygens (including phenoxy) is 1. The summed E-state index contributed by atoms with van der Waals surface area (Å²) in [6.45, 7) is 1.13. The molecule has 1 N–H and O–H groups in total.